The highest BCUT2D eigenvalue weighted by atomic mass is 32.1. The van der Waals surface area contributed by atoms with Crippen molar-refractivity contribution in [1.29, 1.82) is 0 Å². The van der Waals surface area contributed by atoms with E-state index in [4.69, 9.17) is 17.0 Å². The number of rotatable bonds is 3. The number of fused-ring (bicyclic) bond motifs is 1. The molecule has 1 aliphatic heterocycles. The summed E-state index contributed by atoms with van der Waals surface area (Å²) in [6.07, 6.45) is 0. The van der Waals surface area contributed by atoms with Gasteiger partial charge in [0.05, 0.1) is 23.4 Å². The fourth-order valence-electron chi connectivity index (χ4n) is 2.92. The van der Waals surface area contributed by atoms with Crippen molar-refractivity contribution in [3.05, 3.63) is 53.8 Å². The number of morpholine rings is 1. The lowest BCUT2D eigenvalue weighted by atomic mass is 10.2. The van der Waals surface area contributed by atoms with Gasteiger partial charge in [-0.3, -0.25) is 10.1 Å². The SMILES string of the molecule is O=C(NC(=S)Nc1nc2ccc(N3CCOCC3)cc2s1)c1cccc(F)c1. The Kier molecular flexibility index (Phi) is 5.47. The Balaban J connectivity index is 1.44. The largest absolute Gasteiger partial charge is 0.378 e. The van der Waals surface area contributed by atoms with Crippen molar-refractivity contribution >= 4 is 55.6 Å². The van der Waals surface area contributed by atoms with E-state index in [1.807, 2.05) is 12.1 Å². The van der Waals surface area contributed by atoms with E-state index in [-0.39, 0.29) is 10.7 Å². The van der Waals surface area contributed by atoms with Gasteiger partial charge in [-0.1, -0.05) is 17.4 Å². The van der Waals surface area contributed by atoms with Gasteiger partial charge in [0.2, 0.25) is 0 Å². The highest BCUT2D eigenvalue weighted by molar-refractivity contribution is 7.80. The normalized spacial score (nSPS) is 14.1. The number of hydrogen-bond acceptors (Lipinski definition) is 6. The topological polar surface area (TPSA) is 66.5 Å². The van der Waals surface area contributed by atoms with Crippen molar-refractivity contribution in [3.63, 3.8) is 0 Å². The summed E-state index contributed by atoms with van der Waals surface area (Å²) in [6, 6.07) is 11.5. The molecule has 0 unspecified atom stereocenters. The third-order valence-electron chi connectivity index (χ3n) is 4.28. The fraction of sp³-hybridized carbons (Fsp3) is 0.211. The van der Waals surface area contributed by atoms with Crippen LogP contribution in [0.1, 0.15) is 10.4 Å². The zero-order chi connectivity index (χ0) is 19.5. The van der Waals surface area contributed by atoms with E-state index < -0.39 is 11.7 Å². The van der Waals surface area contributed by atoms with Crippen molar-refractivity contribution in [2.75, 3.05) is 36.5 Å². The summed E-state index contributed by atoms with van der Waals surface area (Å²) in [5.74, 6) is -0.957. The number of nitrogens with zero attached hydrogens (tertiary/aromatic N) is 2. The first-order valence-corrected chi connectivity index (χ1v) is 9.92. The third-order valence-corrected chi connectivity index (χ3v) is 5.42. The van der Waals surface area contributed by atoms with E-state index in [0.717, 1.165) is 48.3 Å². The minimum atomic E-state index is -0.479. The molecule has 2 aromatic carbocycles. The van der Waals surface area contributed by atoms with Gasteiger partial charge in [0, 0.05) is 24.3 Å². The van der Waals surface area contributed by atoms with Crippen LogP contribution in [0.5, 0.6) is 0 Å². The van der Waals surface area contributed by atoms with Crippen molar-refractivity contribution < 1.29 is 13.9 Å². The second-order valence-corrected chi connectivity index (χ2v) is 7.63. The number of halogens is 1. The number of benzene rings is 2. The summed E-state index contributed by atoms with van der Waals surface area (Å²) in [5, 5.41) is 6.16. The molecule has 9 heteroatoms. The second-order valence-electron chi connectivity index (χ2n) is 6.19. The first kappa shape index (κ1) is 18.7. The highest BCUT2D eigenvalue weighted by Crippen LogP contribution is 2.30. The molecule has 144 valence electrons. The number of thiocarbonyl (C=S) groups is 1. The molecule has 1 amide bonds. The molecule has 2 heterocycles. The van der Waals surface area contributed by atoms with Crippen molar-refractivity contribution in [3.8, 4) is 0 Å². The molecule has 1 aromatic heterocycles. The summed E-state index contributed by atoms with van der Waals surface area (Å²) < 4.78 is 19.7. The molecule has 0 aliphatic carbocycles. The van der Waals surface area contributed by atoms with Crippen LogP contribution in [0.3, 0.4) is 0 Å². The number of carbonyl (C=O) groups excluding carboxylic acids is 1. The summed E-state index contributed by atoms with van der Waals surface area (Å²) in [7, 11) is 0. The molecule has 0 bridgehead atoms. The van der Waals surface area contributed by atoms with Crippen LogP contribution >= 0.6 is 23.6 Å². The first-order chi connectivity index (χ1) is 13.6. The molecule has 4 rings (SSSR count). The lowest BCUT2D eigenvalue weighted by molar-refractivity contribution is 0.0977. The average Bonchev–Trinajstić information content (AvgIpc) is 3.09. The zero-order valence-corrected chi connectivity index (χ0v) is 16.4. The van der Waals surface area contributed by atoms with E-state index >= 15 is 0 Å². The van der Waals surface area contributed by atoms with Gasteiger partial charge in [0.1, 0.15) is 5.82 Å². The predicted octanol–water partition coefficient (Wildman–Crippen LogP) is 3.40. The molecule has 2 N–H and O–H groups in total. The summed E-state index contributed by atoms with van der Waals surface area (Å²) >= 11 is 6.64. The van der Waals surface area contributed by atoms with Crippen LogP contribution in [0, 0.1) is 5.82 Å². The molecule has 3 aromatic rings. The number of hydrogen-bond donors (Lipinski definition) is 2. The molecule has 0 saturated carbocycles. The van der Waals surface area contributed by atoms with Crippen LogP contribution < -0.4 is 15.5 Å². The van der Waals surface area contributed by atoms with E-state index in [9.17, 15) is 9.18 Å². The van der Waals surface area contributed by atoms with Crippen LogP contribution in [0.15, 0.2) is 42.5 Å². The van der Waals surface area contributed by atoms with Gasteiger partial charge in [0.25, 0.3) is 5.91 Å². The maximum Gasteiger partial charge on any atom is 0.257 e. The quantitative estimate of drug-likeness (QED) is 0.638. The maximum absolute atomic E-state index is 13.2. The Morgan fingerprint density at radius 3 is 2.82 bits per heavy atom. The number of carbonyl (C=O) groups is 1. The van der Waals surface area contributed by atoms with E-state index in [1.165, 1.54) is 29.5 Å². The Morgan fingerprint density at radius 2 is 2.04 bits per heavy atom. The van der Waals surface area contributed by atoms with Gasteiger partial charge in [-0.2, -0.15) is 0 Å². The molecule has 0 spiro atoms. The number of ether oxygens (including phenoxy) is 1. The average molecular weight is 417 g/mol. The van der Waals surface area contributed by atoms with Crippen LogP contribution in [0.25, 0.3) is 10.2 Å². The number of aromatic nitrogens is 1. The smallest absolute Gasteiger partial charge is 0.257 e. The molecule has 1 aliphatic rings. The van der Waals surface area contributed by atoms with Crippen LogP contribution in [-0.4, -0.2) is 42.3 Å². The van der Waals surface area contributed by atoms with Gasteiger partial charge in [-0.05, 0) is 48.6 Å². The Labute approximate surface area is 170 Å². The number of amides is 1. The minimum absolute atomic E-state index is 0.113. The number of thiazole rings is 1. The van der Waals surface area contributed by atoms with Gasteiger partial charge in [0.15, 0.2) is 10.2 Å². The monoisotopic (exact) mass is 416 g/mol. The van der Waals surface area contributed by atoms with Gasteiger partial charge < -0.3 is 15.0 Å². The van der Waals surface area contributed by atoms with Gasteiger partial charge >= 0.3 is 0 Å². The van der Waals surface area contributed by atoms with Gasteiger partial charge in [-0.15, -0.1) is 0 Å². The van der Waals surface area contributed by atoms with Crippen molar-refractivity contribution in [2.45, 2.75) is 0 Å². The predicted molar refractivity (Wildman–Crippen MR) is 113 cm³/mol. The molecule has 6 nitrogen and oxygen atoms in total. The van der Waals surface area contributed by atoms with Crippen LogP contribution in [0.4, 0.5) is 15.2 Å². The molecular weight excluding hydrogens is 399 g/mol. The summed E-state index contributed by atoms with van der Waals surface area (Å²) in [4.78, 5) is 18.9. The van der Waals surface area contributed by atoms with E-state index in [2.05, 4.69) is 26.6 Å². The lowest BCUT2D eigenvalue weighted by Gasteiger charge is -2.28. The maximum atomic E-state index is 13.2. The lowest BCUT2D eigenvalue weighted by Crippen LogP contribution is -2.36. The molecule has 1 saturated heterocycles. The molecular formula is C19H17FN4O2S2. The summed E-state index contributed by atoms with van der Waals surface area (Å²) in [6.45, 7) is 3.19. The standard InChI is InChI=1S/C19H17FN4O2S2/c20-13-3-1-2-12(10-13)17(25)22-18(27)23-19-21-15-5-4-14(11-16(15)28-19)24-6-8-26-9-7-24/h1-5,10-11H,6-9H2,(H2,21,22,23,25,27). The Bertz CT molecular complexity index is 1030. The Hall–Kier alpha value is -2.62. The number of anilines is 2. The van der Waals surface area contributed by atoms with Crippen molar-refractivity contribution in [1.82, 2.24) is 10.3 Å². The van der Waals surface area contributed by atoms with E-state index in [1.54, 1.807) is 0 Å². The summed E-state index contributed by atoms with van der Waals surface area (Å²) in [5.41, 5.74) is 2.18. The molecule has 0 radical (unpaired) electrons. The Morgan fingerprint density at radius 1 is 1.21 bits per heavy atom. The first-order valence-electron chi connectivity index (χ1n) is 8.70. The molecule has 1 fully saturated rings. The van der Waals surface area contributed by atoms with E-state index in [0.29, 0.717) is 5.13 Å². The third kappa shape index (κ3) is 4.27. The zero-order valence-electron chi connectivity index (χ0n) is 14.8. The van der Waals surface area contributed by atoms with Crippen LogP contribution in [0.2, 0.25) is 0 Å². The highest BCUT2D eigenvalue weighted by Gasteiger charge is 2.14. The molecule has 28 heavy (non-hydrogen) atoms. The number of nitrogens with one attached hydrogen (secondary N) is 2. The van der Waals surface area contributed by atoms with Crippen molar-refractivity contribution in [2.24, 2.45) is 0 Å². The fourth-order valence-corrected chi connectivity index (χ4v) is 4.08. The van der Waals surface area contributed by atoms with Gasteiger partial charge in [-0.25, -0.2) is 9.37 Å². The molecule has 0 atom stereocenters. The van der Waals surface area contributed by atoms with Crippen LogP contribution in [-0.2, 0) is 4.74 Å². The minimum Gasteiger partial charge on any atom is -0.378 e. The second kappa shape index (κ2) is 8.17.